The van der Waals surface area contributed by atoms with Crippen LogP contribution in [0.25, 0.3) is 0 Å². The zero-order valence-corrected chi connectivity index (χ0v) is 16.4. The summed E-state index contributed by atoms with van der Waals surface area (Å²) in [5.74, 6) is -1.51. The number of benzene rings is 1. The Hall–Kier alpha value is -3.17. The molecule has 10 heteroatoms. The van der Waals surface area contributed by atoms with Crippen LogP contribution in [0.4, 0.5) is 11.4 Å². The molecule has 0 bridgehead atoms. The molecule has 0 radical (unpaired) electrons. The van der Waals surface area contributed by atoms with Gasteiger partial charge in [0.1, 0.15) is 12.3 Å². The second kappa shape index (κ2) is 10.4. The highest BCUT2D eigenvalue weighted by atomic mass is 16.6. The molecule has 29 heavy (non-hydrogen) atoms. The Morgan fingerprint density at radius 3 is 2.55 bits per heavy atom. The fourth-order valence-electron chi connectivity index (χ4n) is 3.09. The molecule has 0 aromatic heterocycles. The number of nitrogens with one attached hydrogen (secondary N) is 2. The van der Waals surface area contributed by atoms with Gasteiger partial charge in [0.2, 0.25) is 5.91 Å². The molecule has 0 spiro atoms. The van der Waals surface area contributed by atoms with E-state index in [4.69, 9.17) is 9.47 Å². The summed E-state index contributed by atoms with van der Waals surface area (Å²) in [5, 5.41) is 15.9. The maximum absolute atomic E-state index is 12.3. The van der Waals surface area contributed by atoms with Crippen molar-refractivity contribution >= 4 is 29.2 Å². The molecule has 0 aliphatic heterocycles. The summed E-state index contributed by atoms with van der Waals surface area (Å²) in [5.41, 5.74) is 0.0182. The van der Waals surface area contributed by atoms with Gasteiger partial charge in [-0.15, -0.1) is 0 Å². The first-order valence-corrected chi connectivity index (χ1v) is 9.42. The molecule has 158 valence electrons. The normalized spacial score (nSPS) is 15.1. The van der Waals surface area contributed by atoms with E-state index in [1.807, 2.05) is 0 Å². The van der Waals surface area contributed by atoms with Gasteiger partial charge < -0.3 is 20.1 Å². The average molecular weight is 407 g/mol. The molecule has 1 saturated carbocycles. The Bertz CT molecular complexity index is 775. The summed E-state index contributed by atoms with van der Waals surface area (Å²) in [4.78, 5) is 46.5. The Labute approximate surface area is 168 Å². The molecule has 2 N–H and O–H groups in total. The van der Waals surface area contributed by atoms with Crippen molar-refractivity contribution in [3.63, 3.8) is 0 Å². The second-order valence-electron chi connectivity index (χ2n) is 6.82. The topological polar surface area (TPSA) is 137 Å². The minimum atomic E-state index is -1.13. The van der Waals surface area contributed by atoms with Crippen LogP contribution in [-0.4, -0.2) is 42.5 Å². The van der Waals surface area contributed by atoms with Gasteiger partial charge in [0, 0.05) is 12.0 Å². The van der Waals surface area contributed by atoms with Crippen LogP contribution < -0.4 is 15.4 Å². The van der Waals surface area contributed by atoms with Crippen LogP contribution in [0.3, 0.4) is 0 Å². The molecule has 1 aromatic carbocycles. The number of ether oxygens (including phenoxy) is 2. The predicted octanol–water partition coefficient (Wildman–Crippen LogP) is 2.17. The molecular weight excluding hydrogens is 382 g/mol. The highest BCUT2D eigenvalue weighted by molar-refractivity contribution is 5.96. The Kier molecular flexibility index (Phi) is 7.93. The van der Waals surface area contributed by atoms with E-state index in [1.165, 1.54) is 32.2 Å². The molecule has 0 saturated heterocycles. The van der Waals surface area contributed by atoms with Crippen LogP contribution in [0.15, 0.2) is 18.2 Å². The SMILES string of the molecule is COc1cc([N+](=O)[O-])ccc1NC(=O)[C@@H](C)OC(=O)CNC(=O)C1CCCCC1. The fourth-order valence-corrected chi connectivity index (χ4v) is 3.09. The highest BCUT2D eigenvalue weighted by Crippen LogP contribution is 2.29. The fraction of sp³-hybridized carbons (Fsp3) is 0.526. The van der Waals surface area contributed by atoms with Crippen molar-refractivity contribution in [1.82, 2.24) is 5.32 Å². The lowest BCUT2D eigenvalue weighted by atomic mass is 9.89. The largest absolute Gasteiger partial charge is 0.494 e. The minimum absolute atomic E-state index is 0.0770. The standard InChI is InChI=1S/C19H25N3O7/c1-12(29-17(23)11-20-19(25)13-6-4-3-5-7-13)18(24)21-15-9-8-14(22(26)27)10-16(15)28-2/h8-10,12-13H,3-7,11H2,1-2H3,(H,20,25)(H,21,24)/t12-/m1/s1. The van der Waals surface area contributed by atoms with E-state index in [2.05, 4.69) is 10.6 Å². The number of rotatable bonds is 8. The molecule has 1 aliphatic rings. The molecule has 2 rings (SSSR count). The number of esters is 1. The molecule has 1 atom stereocenters. The van der Waals surface area contributed by atoms with Crippen molar-refractivity contribution in [1.29, 1.82) is 0 Å². The summed E-state index contributed by atoms with van der Waals surface area (Å²) in [6, 6.07) is 3.72. The number of carbonyl (C=O) groups excluding carboxylic acids is 3. The first-order chi connectivity index (χ1) is 13.8. The number of nitrogens with zero attached hydrogens (tertiary/aromatic N) is 1. The van der Waals surface area contributed by atoms with Crippen molar-refractivity contribution in [2.45, 2.75) is 45.1 Å². The molecule has 1 fully saturated rings. The van der Waals surface area contributed by atoms with E-state index in [-0.39, 0.29) is 35.5 Å². The van der Waals surface area contributed by atoms with Gasteiger partial charge in [0.25, 0.3) is 11.6 Å². The number of nitro benzene ring substituents is 1. The summed E-state index contributed by atoms with van der Waals surface area (Å²) in [6.45, 7) is 1.07. The third-order valence-corrected chi connectivity index (χ3v) is 4.71. The van der Waals surface area contributed by atoms with Gasteiger partial charge in [0.15, 0.2) is 6.10 Å². The number of anilines is 1. The molecule has 1 aliphatic carbocycles. The lowest BCUT2D eigenvalue weighted by Gasteiger charge is -2.20. The number of hydrogen-bond acceptors (Lipinski definition) is 7. The van der Waals surface area contributed by atoms with Crippen LogP contribution in [0, 0.1) is 16.0 Å². The van der Waals surface area contributed by atoms with E-state index in [0.717, 1.165) is 32.1 Å². The van der Waals surface area contributed by atoms with Gasteiger partial charge in [-0.25, -0.2) is 0 Å². The van der Waals surface area contributed by atoms with Gasteiger partial charge in [-0.05, 0) is 25.8 Å². The Morgan fingerprint density at radius 1 is 1.24 bits per heavy atom. The molecule has 2 amide bonds. The van der Waals surface area contributed by atoms with Crippen LogP contribution in [-0.2, 0) is 19.1 Å². The zero-order valence-electron chi connectivity index (χ0n) is 16.4. The van der Waals surface area contributed by atoms with Crippen molar-refractivity contribution in [2.75, 3.05) is 19.0 Å². The lowest BCUT2D eigenvalue weighted by molar-refractivity contribution is -0.384. The third kappa shape index (κ3) is 6.44. The first-order valence-electron chi connectivity index (χ1n) is 9.42. The van der Waals surface area contributed by atoms with Crippen molar-refractivity contribution in [3.8, 4) is 5.75 Å². The molecule has 10 nitrogen and oxygen atoms in total. The number of non-ortho nitro benzene ring substituents is 1. The summed E-state index contributed by atoms with van der Waals surface area (Å²) < 4.78 is 10.1. The molecule has 1 aromatic rings. The van der Waals surface area contributed by atoms with Crippen molar-refractivity contribution in [3.05, 3.63) is 28.3 Å². The summed E-state index contributed by atoms with van der Waals surface area (Å²) >= 11 is 0. The molecule has 0 unspecified atom stereocenters. The van der Waals surface area contributed by atoms with E-state index >= 15 is 0 Å². The zero-order chi connectivity index (χ0) is 21.4. The van der Waals surface area contributed by atoms with Gasteiger partial charge in [0.05, 0.1) is 23.8 Å². The summed E-state index contributed by atoms with van der Waals surface area (Å²) in [6.07, 6.45) is 3.64. The highest BCUT2D eigenvalue weighted by Gasteiger charge is 2.23. The second-order valence-corrected chi connectivity index (χ2v) is 6.82. The van der Waals surface area contributed by atoms with Gasteiger partial charge in [-0.2, -0.15) is 0 Å². The van der Waals surface area contributed by atoms with Crippen molar-refractivity contribution in [2.24, 2.45) is 5.92 Å². The van der Waals surface area contributed by atoms with E-state index in [0.29, 0.717) is 0 Å². The third-order valence-electron chi connectivity index (χ3n) is 4.71. The minimum Gasteiger partial charge on any atom is -0.494 e. The number of carbonyl (C=O) groups is 3. The van der Waals surface area contributed by atoms with E-state index in [1.54, 1.807) is 0 Å². The number of hydrogen-bond donors (Lipinski definition) is 2. The quantitative estimate of drug-likeness (QED) is 0.383. The lowest BCUT2D eigenvalue weighted by Crippen LogP contribution is -2.38. The molecule has 0 heterocycles. The van der Waals surface area contributed by atoms with E-state index in [9.17, 15) is 24.5 Å². The number of nitro groups is 1. The van der Waals surface area contributed by atoms with Crippen molar-refractivity contribution < 1.29 is 28.8 Å². The average Bonchev–Trinajstić information content (AvgIpc) is 2.72. The maximum Gasteiger partial charge on any atom is 0.326 e. The number of methoxy groups -OCH3 is 1. The maximum atomic E-state index is 12.3. The summed E-state index contributed by atoms with van der Waals surface area (Å²) in [7, 11) is 1.31. The Balaban J connectivity index is 1.84. The predicted molar refractivity (Wildman–Crippen MR) is 103 cm³/mol. The van der Waals surface area contributed by atoms with E-state index < -0.39 is 22.9 Å². The van der Waals surface area contributed by atoms with Gasteiger partial charge in [-0.1, -0.05) is 19.3 Å². The van der Waals surface area contributed by atoms with Crippen LogP contribution >= 0.6 is 0 Å². The van der Waals surface area contributed by atoms with Gasteiger partial charge in [-0.3, -0.25) is 24.5 Å². The van der Waals surface area contributed by atoms with Gasteiger partial charge >= 0.3 is 5.97 Å². The monoisotopic (exact) mass is 407 g/mol. The van der Waals surface area contributed by atoms with Crippen LogP contribution in [0.2, 0.25) is 0 Å². The molecular formula is C19H25N3O7. The van der Waals surface area contributed by atoms with Crippen LogP contribution in [0.5, 0.6) is 5.75 Å². The number of amides is 2. The van der Waals surface area contributed by atoms with Crippen LogP contribution in [0.1, 0.15) is 39.0 Å². The smallest absolute Gasteiger partial charge is 0.326 e. The Morgan fingerprint density at radius 2 is 1.93 bits per heavy atom. The first kappa shape index (κ1) is 22.1.